The molecular formula is C14H17N3O2. The van der Waals surface area contributed by atoms with Crippen LogP contribution in [-0.4, -0.2) is 34.0 Å². The number of hydrogen-bond donors (Lipinski definition) is 1. The highest BCUT2D eigenvalue weighted by Gasteiger charge is 2.22. The van der Waals surface area contributed by atoms with Gasteiger partial charge in [-0.2, -0.15) is 5.26 Å². The van der Waals surface area contributed by atoms with E-state index < -0.39 is 5.97 Å². The molecule has 1 N–H and O–H groups in total. The van der Waals surface area contributed by atoms with Crippen LogP contribution in [0.1, 0.15) is 30.5 Å². The number of piperidine rings is 1. The lowest BCUT2D eigenvalue weighted by atomic mass is 9.94. The first kappa shape index (κ1) is 13.5. The van der Waals surface area contributed by atoms with Crippen LogP contribution in [0.5, 0.6) is 0 Å². The second-order valence-corrected chi connectivity index (χ2v) is 5.00. The van der Waals surface area contributed by atoms with E-state index in [0.29, 0.717) is 5.69 Å². The summed E-state index contributed by atoms with van der Waals surface area (Å²) in [7, 11) is 0. The molecule has 1 atom stereocenters. The van der Waals surface area contributed by atoms with Crippen LogP contribution in [0.25, 0.3) is 0 Å². The fourth-order valence-corrected chi connectivity index (χ4v) is 2.60. The molecule has 1 aliphatic heterocycles. The lowest BCUT2D eigenvalue weighted by Gasteiger charge is -2.32. The van der Waals surface area contributed by atoms with E-state index >= 15 is 0 Å². The van der Waals surface area contributed by atoms with Crippen LogP contribution in [0.2, 0.25) is 0 Å². The molecule has 2 heterocycles. The quantitative estimate of drug-likeness (QED) is 0.889. The zero-order chi connectivity index (χ0) is 13.7. The van der Waals surface area contributed by atoms with Gasteiger partial charge >= 0.3 is 5.97 Å². The molecule has 2 rings (SSSR count). The van der Waals surface area contributed by atoms with Gasteiger partial charge < -0.3 is 5.11 Å². The Hall–Kier alpha value is -1.93. The lowest BCUT2D eigenvalue weighted by Crippen LogP contribution is -2.35. The van der Waals surface area contributed by atoms with Gasteiger partial charge in [-0.25, -0.2) is 4.98 Å². The number of rotatable bonds is 4. The molecule has 1 aromatic rings. The van der Waals surface area contributed by atoms with Crippen molar-refractivity contribution in [2.45, 2.75) is 25.8 Å². The molecule has 0 saturated carbocycles. The lowest BCUT2D eigenvalue weighted by molar-refractivity contribution is -0.138. The summed E-state index contributed by atoms with van der Waals surface area (Å²) in [6.07, 6.45) is 3.92. The fourth-order valence-electron chi connectivity index (χ4n) is 2.60. The van der Waals surface area contributed by atoms with Gasteiger partial charge in [0.15, 0.2) is 0 Å². The Labute approximate surface area is 112 Å². The first-order chi connectivity index (χ1) is 9.17. The third kappa shape index (κ3) is 4.04. The minimum absolute atomic E-state index is 0.239. The number of aliphatic carboxylic acids is 1. The summed E-state index contributed by atoms with van der Waals surface area (Å²) in [5, 5.41) is 17.7. The van der Waals surface area contributed by atoms with Crippen molar-refractivity contribution in [3.05, 3.63) is 29.6 Å². The van der Waals surface area contributed by atoms with Crippen molar-refractivity contribution in [3.63, 3.8) is 0 Å². The molecule has 1 unspecified atom stereocenters. The van der Waals surface area contributed by atoms with Crippen LogP contribution >= 0.6 is 0 Å². The zero-order valence-corrected chi connectivity index (χ0v) is 10.7. The van der Waals surface area contributed by atoms with Crippen LogP contribution in [0.3, 0.4) is 0 Å². The van der Waals surface area contributed by atoms with Gasteiger partial charge in [-0.3, -0.25) is 9.69 Å². The Kier molecular flexibility index (Phi) is 4.48. The minimum Gasteiger partial charge on any atom is -0.481 e. The van der Waals surface area contributed by atoms with E-state index in [1.54, 1.807) is 12.3 Å². The van der Waals surface area contributed by atoms with Gasteiger partial charge in [-0.15, -0.1) is 0 Å². The van der Waals surface area contributed by atoms with Crippen molar-refractivity contribution < 1.29 is 9.90 Å². The highest BCUT2D eigenvalue weighted by molar-refractivity contribution is 5.67. The number of pyridine rings is 1. The standard InChI is InChI=1S/C14H17N3O2/c15-8-13-6-12(3-4-16-13)10-17-5-1-2-11(9-17)7-14(18)19/h3-4,6,11H,1-2,5,7,9-10H2,(H,18,19). The van der Waals surface area contributed by atoms with Crippen LogP contribution in [-0.2, 0) is 11.3 Å². The van der Waals surface area contributed by atoms with Crippen LogP contribution in [0, 0.1) is 17.2 Å². The van der Waals surface area contributed by atoms with Gasteiger partial charge in [0.05, 0.1) is 0 Å². The summed E-state index contributed by atoms with van der Waals surface area (Å²) < 4.78 is 0. The van der Waals surface area contributed by atoms with Crippen molar-refractivity contribution in [2.24, 2.45) is 5.92 Å². The average molecular weight is 259 g/mol. The molecule has 1 fully saturated rings. The number of likely N-dealkylation sites (tertiary alicyclic amines) is 1. The minimum atomic E-state index is -0.720. The molecule has 19 heavy (non-hydrogen) atoms. The first-order valence-electron chi connectivity index (χ1n) is 6.46. The summed E-state index contributed by atoms with van der Waals surface area (Å²) in [6.45, 7) is 2.56. The molecule has 0 spiro atoms. The van der Waals surface area contributed by atoms with Crippen molar-refractivity contribution in [2.75, 3.05) is 13.1 Å². The number of carboxylic acids is 1. The van der Waals surface area contributed by atoms with Crippen molar-refractivity contribution in [1.29, 1.82) is 5.26 Å². The number of aromatic nitrogens is 1. The molecule has 0 bridgehead atoms. The maximum absolute atomic E-state index is 10.8. The number of nitriles is 1. The van der Waals surface area contributed by atoms with E-state index in [2.05, 4.69) is 9.88 Å². The van der Waals surface area contributed by atoms with Crippen molar-refractivity contribution in [3.8, 4) is 6.07 Å². The van der Waals surface area contributed by atoms with Crippen LogP contribution in [0.4, 0.5) is 0 Å². The Morgan fingerprint density at radius 3 is 3.21 bits per heavy atom. The summed E-state index contributed by atoms with van der Waals surface area (Å²) in [5.74, 6) is -0.481. The predicted octanol–water partition coefficient (Wildman–Crippen LogP) is 1.64. The van der Waals surface area contributed by atoms with Gasteiger partial charge in [0.1, 0.15) is 11.8 Å². The summed E-state index contributed by atoms with van der Waals surface area (Å²) in [4.78, 5) is 17.0. The molecule has 0 aliphatic carbocycles. The second-order valence-electron chi connectivity index (χ2n) is 5.00. The van der Waals surface area contributed by atoms with Gasteiger partial charge in [-0.05, 0) is 43.0 Å². The maximum atomic E-state index is 10.8. The molecule has 100 valence electrons. The molecule has 5 heteroatoms. The third-order valence-electron chi connectivity index (χ3n) is 3.41. The van der Waals surface area contributed by atoms with E-state index in [9.17, 15) is 4.79 Å². The molecule has 0 radical (unpaired) electrons. The van der Waals surface area contributed by atoms with E-state index in [-0.39, 0.29) is 12.3 Å². The Balaban J connectivity index is 1.95. The normalized spacial score (nSPS) is 19.8. The van der Waals surface area contributed by atoms with Gasteiger partial charge in [0, 0.05) is 25.7 Å². The number of carboxylic acid groups (broad SMARTS) is 1. The topological polar surface area (TPSA) is 77.2 Å². The zero-order valence-electron chi connectivity index (χ0n) is 10.7. The predicted molar refractivity (Wildman–Crippen MR) is 69.2 cm³/mol. The van der Waals surface area contributed by atoms with Crippen LogP contribution in [0.15, 0.2) is 18.3 Å². The van der Waals surface area contributed by atoms with Gasteiger partial charge in [0.25, 0.3) is 0 Å². The molecular weight excluding hydrogens is 242 g/mol. The largest absolute Gasteiger partial charge is 0.481 e. The molecule has 1 aromatic heterocycles. The first-order valence-corrected chi connectivity index (χ1v) is 6.46. The van der Waals surface area contributed by atoms with Gasteiger partial charge in [0.2, 0.25) is 0 Å². The van der Waals surface area contributed by atoms with E-state index in [4.69, 9.17) is 10.4 Å². The van der Waals surface area contributed by atoms with Crippen molar-refractivity contribution in [1.82, 2.24) is 9.88 Å². The maximum Gasteiger partial charge on any atom is 0.303 e. The smallest absolute Gasteiger partial charge is 0.303 e. The molecule has 0 aromatic carbocycles. The van der Waals surface area contributed by atoms with Gasteiger partial charge in [-0.1, -0.05) is 0 Å². The molecule has 0 amide bonds. The third-order valence-corrected chi connectivity index (χ3v) is 3.41. The Bertz CT molecular complexity index is 496. The average Bonchev–Trinajstić information content (AvgIpc) is 2.38. The second kappa shape index (κ2) is 6.30. The van der Waals surface area contributed by atoms with E-state index in [0.717, 1.165) is 38.0 Å². The molecule has 1 saturated heterocycles. The summed E-state index contributed by atoms with van der Waals surface area (Å²) in [6, 6.07) is 5.73. The van der Waals surface area contributed by atoms with Crippen molar-refractivity contribution >= 4 is 5.97 Å². The molecule has 1 aliphatic rings. The summed E-state index contributed by atoms with van der Waals surface area (Å²) in [5.41, 5.74) is 1.49. The fraction of sp³-hybridized carbons (Fsp3) is 0.500. The van der Waals surface area contributed by atoms with E-state index in [1.807, 2.05) is 12.1 Å². The highest BCUT2D eigenvalue weighted by atomic mass is 16.4. The van der Waals surface area contributed by atoms with E-state index in [1.165, 1.54) is 0 Å². The summed E-state index contributed by atoms with van der Waals surface area (Å²) >= 11 is 0. The molecule has 5 nitrogen and oxygen atoms in total. The number of nitrogens with zero attached hydrogens (tertiary/aromatic N) is 3. The van der Waals surface area contributed by atoms with Crippen LogP contribution < -0.4 is 0 Å². The number of hydrogen-bond acceptors (Lipinski definition) is 4. The Morgan fingerprint density at radius 2 is 2.47 bits per heavy atom. The highest BCUT2D eigenvalue weighted by Crippen LogP contribution is 2.21. The Morgan fingerprint density at radius 1 is 1.63 bits per heavy atom. The monoisotopic (exact) mass is 259 g/mol. The SMILES string of the molecule is N#Cc1cc(CN2CCCC(CC(=O)O)C2)ccn1. The number of carbonyl (C=O) groups is 1.